The van der Waals surface area contributed by atoms with E-state index in [9.17, 15) is 9.59 Å². The number of esters is 1. The zero-order valence-corrected chi connectivity index (χ0v) is 14.7. The Labute approximate surface area is 146 Å². The summed E-state index contributed by atoms with van der Waals surface area (Å²) < 4.78 is 10.2. The Kier molecular flexibility index (Phi) is 5.36. The molecule has 2 unspecified atom stereocenters. The average molecular weight is 344 g/mol. The summed E-state index contributed by atoms with van der Waals surface area (Å²) in [5.41, 5.74) is 2.43. The maximum atomic E-state index is 12.3. The molecule has 1 saturated carbocycles. The highest BCUT2D eigenvalue weighted by atomic mass is 16.5. The van der Waals surface area contributed by atoms with Gasteiger partial charge in [0.15, 0.2) is 5.58 Å². The Bertz CT molecular complexity index is 768. The second-order valence-electron chi connectivity index (χ2n) is 6.78. The summed E-state index contributed by atoms with van der Waals surface area (Å²) in [5, 5.41) is 7.84. The van der Waals surface area contributed by atoms with E-state index in [1.807, 2.05) is 25.1 Å². The number of aromatic nitrogens is 1. The van der Waals surface area contributed by atoms with Crippen molar-refractivity contribution >= 4 is 22.8 Å². The van der Waals surface area contributed by atoms with Crippen LogP contribution in [-0.4, -0.2) is 30.7 Å². The van der Waals surface area contributed by atoms with E-state index in [4.69, 9.17) is 9.26 Å². The third-order valence-electron chi connectivity index (χ3n) is 5.00. The molecule has 0 saturated heterocycles. The highest BCUT2D eigenvalue weighted by Gasteiger charge is 2.31. The van der Waals surface area contributed by atoms with Crippen LogP contribution in [0.1, 0.15) is 36.9 Å². The summed E-state index contributed by atoms with van der Waals surface area (Å²) in [4.78, 5) is 24.2. The highest BCUT2D eigenvalue weighted by molar-refractivity contribution is 5.86. The SMILES string of the molecule is COC(=O)C1CCCCC1CNC(=O)Cc1noc2ccc(C)cc12. The van der Waals surface area contributed by atoms with Crippen molar-refractivity contribution in [2.75, 3.05) is 13.7 Å². The lowest BCUT2D eigenvalue weighted by molar-refractivity contribution is -0.148. The summed E-state index contributed by atoms with van der Waals surface area (Å²) in [5.74, 6) is -0.251. The molecule has 1 fully saturated rings. The van der Waals surface area contributed by atoms with Gasteiger partial charge in [-0.25, -0.2) is 0 Å². The number of rotatable bonds is 5. The molecule has 0 spiro atoms. The van der Waals surface area contributed by atoms with E-state index in [1.165, 1.54) is 7.11 Å². The summed E-state index contributed by atoms with van der Waals surface area (Å²) in [6.07, 6.45) is 4.06. The molecule has 2 aromatic rings. The zero-order chi connectivity index (χ0) is 17.8. The van der Waals surface area contributed by atoms with E-state index in [2.05, 4.69) is 10.5 Å². The topological polar surface area (TPSA) is 81.4 Å². The lowest BCUT2D eigenvalue weighted by Gasteiger charge is -2.29. The van der Waals surface area contributed by atoms with Crippen LogP contribution in [0.15, 0.2) is 22.7 Å². The second-order valence-corrected chi connectivity index (χ2v) is 6.78. The van der Waals surface area contributed by atoms with E-state index in [0.717, 1.165) is 36.6 Å². The van der Waals surface area contributed by atoms with Gasteiger partial charge in [0.1, 0.15) is 5.69 Å². The van der Waals surface area contributed by atoms with E-state index < -0.39 is 0 Å². The van der Waals surface area contributed by atoms with Crippen LogP contribution in [0, 0.1) is 18.8 Å². The molecule has 2 atom stereocenters. The number of fused-ring (bicyclic) bond motifs is 1. The molecule has 1 aliphatic carbocycles. The molecule has 0 bridgehead atoms. The number of nitrogens with zero attached hydrogens (tertiary/aromatic N) is 1. The zero-order valence-electron chi connectivity index (χ0n) is 14.7. The van der Waals surface area contributed by atoms with Crippen molar-refractivity contribution in [3.05, 3.63) is 29.5 Å². The number of nitrogens with one attached hydrogen (secondary N) is 1. The van der Waals surface area contributed by atoms with Gasteiger partial charge in [-0.2, -0.15) is 0 Å². The third kappa shape index (κ3) is 4.00. The van der Waals surface area contributed by atoms with Gasteiger partial charge in [0.25, 0.3) is 0 Å². The summed E-state index contributed by atoms with van der Waals surface area (Å²) in [6.45, 7) is 2.49. The predicted molar refractivity (Wildman–Crippen MR) is 92.9 cm³/mol. The molecule has 0 aliphatic heterocycles. The number of carbonyl (C=O) groups is 2. The van der Waals surface area contributed by atoms with Crippen LogP contribution >= 0.6 is 0 Å². The van der Waals surface area contributed by atoms with Crippen molar-refractivity contribution in [3.63, 3.8) is 0 Å². The van der Waals surface area contributed by atoms with Crippen LogP contribution in [0.4, 0.5) is 0 Å². The Balaban J connectivity index is 1.60. The maximum Gasteiger partial charge on any atom is 0.309 e. The van der Waals surface area contributed by atoms with Gasteiger partial charge >= 0.3 is 5.97 Å². The van der Waals surface area contributed by atoms with Gasteiger partial charge in [0.05, 0.1) is 19.4 Å². The van der Waals surface area contributed by atoms with Crippen LogP contribution in [0.3, 0.4) is 0 Å². The number of ether oxygens (including phenoxy) is 1. The number of benzene rings is 1. The Morgan fingerprint density at radius 2 is 2.12 bits per heavy atom. The molecule has 25 heavy (non-hydrogen) atoms. The normalized spacial score (nSPS) is 20.4. The fourth-order valence-electron chi connectivity index (χ4n) is 3.60. The highest BCUT2D eigenvalue weighted by Crippen LogP contribution is 2.30. The molecule has 3 rings (SSSR count). The molecule has 1 N–H and O–H groups in total. The largest absolute Gasteiger partial charge is 0.469 e. The fourth-order valence-corrected chi connectivity index (χ4v) is 3.60. The fraction of sp³-hybridized carbons (Fsp3) is 0.526. The molecule has 1 aromatic heterocycles. The van der Waals surface area contributed by atoms with Crippen LogP contribution in [0.5, 0.6) is 0 Å². The summed E-state index contributed by atoms with van der Waals surface area (Å²) in [7, 11) is 1.42. The van der Waals surface area contributed by atoms with Crippen molar-refractivity contribution in [2.45, 2.75) is 39.0 Å². The van der Waals surface area contributed by atoms with Gasteiger partial charge in [0, 0.05) is 11.9 Å². The van der Waals surface area contributed by atoms with Crippen molar-refractivity contribution in [1.29, 1.82) is 0 Å². The van der Waals surface area contributed by atoms with Gasteiger partial charge in [-0.1, -0.05) is 29.6 Å². The molecular weight excluding hydrogens is 320 g/mol. The number of aryl methyl sites for hydroxylation is 1. The monoisotopic (exact) mass is 344 g/mol. The number of amides is 1. The minimum Gasteiger partial charge on any atom is -0.469 e. The molecule has 6 nitrogen and oxygen atoms in total. The molecule has 1 heterocycles. The molecule has 0 radical (unpaired) electrons. The first-order chi connectivity index (χ1) is 12.1. The smallest absolute Gasteiger partial charge is 0.309 e. The van der Waals surface area contributed by atoms with Gasteiger partial charge in [0.2, 0.25) is 5.91 Å². The van der Waals surface area contributed by atoms with Crippen LogP contribution < -0.4 is 5.32 Å². The summed E-state index contributed by atoms with van der Waals surface area (Å²) >= 11 is 0. The second kappa shape index (κ2) is 7.68. The van der Waals surface area contributed by atoms with E-state index in [0.29, 0.717) is 17.8 Å². The minimum atomic E-state index is -0.170. The molecule has 1 aromatic carbocycles. The molecule has 1 amide bonds. The van der Waals surface area contributed by atoms with Crippen LogP contribution in [-0.2, 0) is 20.7 Å². The van der Waals surface area contributed by atoms with Gasteiger partial charge < -0.3 is 14.6 Å². The van der Waals surface area contributed by atoms with Crippen molar-refractivity contribution in [2.24, 2.45) is 11.8 Å². The number of hydrogen-bond acceptors (Lipinski definition) is 5. The predicted octanol–water partition coefficient (Wildman–Crippen LogP) is 2.77. The van der Waals surface area contributed by atoms with Gasteiger partial charge in [-0.15, -0.1) is 0 Å². The van der Waals surface area contributed by atoms with Crippen LogP contribution in [0.25, 0.3) is 11.0 Å². The van der Waals surface area contributed by atoms with E-state index >= 15 is 0 Å². The Hall–Kier alpha value is -2.37. The lowest BCUT2D eigenvalue weighted by Crippen LogP contribution is -2.38. The first-order valence-electron chi connectivity index (χ1n) is 8.78. The van der Waals surface area contributed by atoms with E-state index in [1.54, 1.807) is 0 Å². The van der Waals surface area contributed by atoms with Crippen LogP contribution in [0.2, 0.25) is 0 Å². The minimum absolute atomic E-state index is 0.106. The Morgan fingerprint density at radius 3 is 2.92 bits per heavy atom. The Morgan fingerprint density at radius 1 is 1.32 bits per heavy atom. The molecule has 1 aliphatic rings. The van der Waals surface area contributed by atoms with Gasteiger partial charge in [-0.05, 0) is 37.8 Å². The standard InChI is InChI=1S/C19H24N2O4/c1-12-7-8-17-15(9-12)16(21-25-17)10-18(22)20-11-13-5-3-4-6-14(13)19(23)24-2/h7-9,13-14H,3-6,10-11H2,1-2H3,(H,20,22). The van der Waals surface area contributed by atoms with Crippen molar-refractivity contribution in [3.8, 4) is 0 Å². The number of carbonyl (C=O) groups excluding carboxylic acids is 2. The first-order valence-corrected chi connectivity index (χ1v) is 8.78. The molecular formula is C19H24N2O4. The quantitative estimate of drug-likeness (QED) is 0.844. The lowest BCUT2D eigenvalue weighted by atomic mass is 9.79. The number of methoxy groups -OCH3 is 1. The molecule has 134 valence electrons. The number of hydrogen-bond donors (Lipinski definition) is 1. The third-order valence-corrected chi connectivity index (χ3v) is 5.00. The maximum absolute atomic E-state index is 12.3. The summed E-state index contributed by atoms with van der Waals surface area (Å²) in [6, 6.07) is 5.79. The van der Waals surface area contributed by atoms with E-state index in [-0.39, 0.29) is 30.1 Å². The van der Waals surface area contributed by atoms with Gasteiger partial charge in [-0.3, -0.25) is 9.59 Å². The van der Waals surface area contributed by atoms with Crippen molar-refractivity contribution in [1.82, 2.24) is 10.5 Å². The van der Waals surface area contributed by atoms with Crippen molar-refractivity contribution < 1.29 is 18.8 Å². The molecule has 6 heteroatoms. The average Bonchev–Trinajstić information content (AvgIpc) is 3.01. The first kappa shape index (κ1) is 17.5.